The number of pyridine rings is 3. The second-order valence-corrected chi connectivity index (χ2v) is 14.0. The number of benzene rings is 4. The number of nitrogens with one attached hydrogen (secondary N) is 1. The van der Waals surface area contributed by atoms with Gasteiger partial charge >= 0.3 is 0 Å². The largest absolute Gasteiger partial charge is 0.351 e. The first-order chi connectivity index (χ1) is 27.3. The van der Waals surface area contributed by atoms with Crippen molar-refractivity contribution in [2.45, 2.75) is 6.17 Å². The molecule has 0 radical (unpaired) electrons. The summed E-state index contributed by atoms with van der Waals surface area (Å²) in [6.07, 6.45) is 8.69. The molecule has 5 heterocycles. The van der Waals surface area contributed by atoms with E-state index in [4.69, 9.17) is 9.98 Å². The Morgan fingerprint density at radius 2 is 1.09 bits per heavy atom. The topological polar surface area (TPSA) is 75.4 Å². The average Bonchev–Trinajstić information content (AvgIpc) is 3.27. The Kier molecular flexibility index (Phi) is 9.49. The van der Waals surface area contributed by atoms with Crippen LogP contribution in [0.5, 0.6) is 0 Å². The van der Waals surface area contributed by atoms with E-state index in [1.54, 1.807) is 42.5 Å². The van der Waals surface area contributed by atoms with Crippen LogP contribution in [-0.4, -0.2) is 27.1 Å². The molecule has 0 aliphatic carbocycles. The van der Waals surface area contributed by atoms with Crippen LogP contribution in [0.4, 0.5) is 0 Å². The molecule has 0 bridgehead atoms. The SMILES string of the molecule is C1=NC(c2ccccc2)=NC(c2ccc3c(c2)sccc(-c2cc(-c4ccncc4)nc(-c4ccncc4)c2)cccc2ccccc2c2ccccc32)N1. The van der Waals surface area contributed by atoms with E-state index in [1.807, 2.05) is 54.6 Å². The van der Waals surface area contributed by atoms with Crippen LogP contribution >= 0.6 is 11.3 Å². The van der Waals surface area contributed by atoms with E-state index in [-0.39, 0.29) is 6.17 Å². The summed E-state index contributed by atoms with van der Waals surface area (Å²) >= 11 is 1.70. The molecule has 1 N–H and O–H groups in total. The fourth-order valence-corrected chi connectivity index (χ4v) is 7.73. The fraction of sp³-hybridized carbons (Fsp3) is 0.0208. The summed E-state index contributed by atoms with van der Waals surface area (Å²) < 4.78 is 1.12. The van der Waals surface area contributed by atoms with Crippen LogP contribution in [0.15, 0.2) is 198 Å². The maximum absolute atomic E-state index is 5.09. The minimum Gasteiger partial charge on any atom is -0.351 e. The summed E-state index contributed by atoms with van der Waals surface area (Å²) in [5, 5.41) is 11.4. The third-order valence-electron chi connectivity index (χ3n) is 9.60. The van der Waals surface area contributed by atoms with Gasteiger partial charge in [0, 0.05) is 46.2 Å². The Morgan fingerprint density at radius 1 is 0.473 bits per heavy atom. The van der Waals surface area contributed by atoms with E-state index in [0.717, 1.165) is 60.2 Å². The molecule has 0 amide bonds. The van der Waals surface area contributed by atoms with Gasteiger partial charge in [-0.2, -0.15) is 0 Å². The van der Waals surface area contributed by atoms with Crippen molar-refractivity contribution in [3.8, 4) is 33.6 Å². The molecule has 55 heavy (non-hydrogen) atoms. The number of hydrogen-bond donors (Lipinski definition) is 1. The zero-order chi connectivity index (χ0) is 36.8. The van der Waals surface area contributed by atoms with E-state index in [1.165, 1.54) is 16.2 Å². The molecule has 4 aromatic carbocycles. The first-order valence-corrected chi connectivity index (χ1v) is 18.9. The van der Waals surface area contributed by atoms with Crippen molar-refractivity contribution in [3.63, 3.8) is 0 Å². The van der Waals surface area contributed by atoms with Crippen molar-refractivity contribution in [3.05, 3.63) is 199 Å². The second-order valence-electron chi connectivity index (χ2n) is 13.0. The Bertz CT molecular complexity index is 2790. The van der Waals surface area contributed by atoms with Gasteiger partial charge < -0.3 is 5.32 Å². The van der Waals surface area contributed by atoms with Crippen molar-refractivity contribution in [1.82, 2.24) is 20.3 Å². The van der Waals surface area contributed by atoms with Gasteiger partial charge in [0.15, 0.2) is 5.84 Å². The van der Waals surface area contributed by atoms with E-state index < -0.39 is 0 Å². The molecular weight excluding hydrogens is 693 g/mol. The Hall–Kier alpha value is -7.09. The third-order valence-corrected chi connectivity index (χ3v) is 10.5. The van der Waals surface area contributed by atoms with E-state index in [2.05, 4.69) is 129 Å². The molecule has 8 aromatic rings. The average molecular weight is 727 g/mol. The monoisotopic (exact) mass is 726 g/mol. The van der Waals surface area contributed by atoms with Gasteiger partial charge in [0.2, 0.25) is 0 Å². The van der Waals surface area contributed by atoms with Crippen molar-refractivity contribution >= 4 is 55.1 Å². The van der Waals surface area contributed by atoms with Crippen LogP contribution in [0, 0.1) is 0 Å². The van der Waals surface area contributed by atoms with Crippen molar-refractivity contribution in [2.75, 3.05) is 0 Å². The highest BCUT2D eigenvalue weighted by Gasteiger charge is 2.16. The van der Waals surface area contributed by atoms with Gasteiger partial charge in [-0.25, -0.2) is 15.0 Å². The lowest BCUT2D eigenvalue weighted by atomic mass is 10.0. The van der Waals surface area contributed by atoms with Crippen LogP contribution in [0.25, 0.3) is 65.3 Å². The Morgan fingerprint density at radius 3 is 1.82 bits per heavy atom. The summed E-state index contributed by atoms with van der Waals surface area (Å²) in [5.41, 5.74) is 7.87. The number of fused-ring (bicyclic) bond motifs is 5. The lowest BCUT2D eigenvalue weighted by Gasteiger charge is -2.18. The highest BCUT2D eigenvalue weighted by Crippen LogP contribution is 2.33. The first-order valence-electron chi connectivity index (χ1n) is 18.1. The van der Waals surface area contributed by atoms with Gasteiger partial charge in [0.25, 0.3) is 0 Å². The number of rotatable bonds is 5. The van der Waals surface area contributed by atoms with Crippen molar-refractivity contribution in [1.29, 1.82) is 0 Å². The van der Waals surface area contributed by atoms with Crippen LogP contribution in [-0.2, 0) is 0 Å². The molecule has 9 rings (SSSR count). The minimum absolute atomic E-state index is 0.280. The maximum Gasteiger partial charge on any atom is 0.158 e. The predicted octanol–water partition coefficient (Wildman–Crippen LogP) is 11.7. The molecule has 0 spiro atoms. The fourth-order valence-electron chi connectivity index (χ4n) is 6.86. The van der Waals surface area contributed by atoms with Gasteiger partial charge in [0.1, 0.15) is 6.17 Å². The molecule has 0 saturated heterocycles. The smallest absolute Gasteiger partial charge is 0.158 e. The van der Waals surface area contributed by atoms with Gasteiger partial charge in [0.05, 0.1) is 17.7 Å². The summed E-state index contributed by atoms with van der Waals surface area (Å²) in [6.45, 7) is 0. The summed E-state index contributed by atoms with van der Waals surface area (Å²) in [7, 11) is 0. The number of aromatic nitrogens is 3. The van der Waals surface area contributed by atoms with Crippen molar-refractivity contribution < 1.29 is 0 Å². The van der Waals surface area contributed by atoms with E-state index in [0.29, 0.717) is 5.84 Å². The maximum atomic E-state index is 5.09. The van der Waals surface area contributed by atoms with Crippen LogP contribution in [0.1, 0.15) is 17.3 Å². The molecule has 1 unspecified atom stereocenters. The predicted molar refractivity (Wildman–Crippen MR) is 229 cm³/mol. The second kappa shape index (κ2) is 15.5. The van der Waals surface area contributed by atoms with Crippen LogP contribution in [0.2, 0.25) is 0 Å². The Labute approximate surface area is 323 Å². The normalized spacial score (nSPS) is 13.5. The molecule has 6 nitrogen and oxygen atoms in total. The van der Waals surface area contributed by atoms with Crippen LogP contribution < -0.4 is 5.32 Å². The first kappa shape index (κ1) is 33.7. The quantitative estimate of drug-likeness (QED) is 0.192. The number of nitrogens with zero attached hydrogens (tertiary/aromatic N) is 5. The van der Waals surface area contributed by atoms with Gasteiger partial charge in [-0.15, -0.1) is 11.3 Å². The lowest BCUT2D eigenvalue weighted by Crippen LogP contribution is -2.24. The minimum atomic E-state index is -0.280. The molecule has 0 saturated carbocycles. The molecule has 1 atom stereocenters. The number of hydrogen-bond acceptors (Lipinski definition) is 7. The summed E-state index contributed by atoms with van der Waals surface area (Å²) in [6, 6.07) is 55.0. The van der Waals surface area contributed by atoms with E-state index in [9.17, 15) is 0 Å². The molecule has 0 fully saturated rings. The zero-order valence-electron chi connectivity index (χ0n) is 29.7. The van der Waals surface area contributed by atoms with Gasteiger partial charge in [-0.05, 0) is 97.5 Å². The third kappa shape index (κ3) is 7.29. The number of amidine groups is 1. The molecule has 4 aromatic heterocycles. The highest BCUT2D eigenvalue weighted by molar-refractivity contribution is 7.16. The molecule has 1 aliphatic rings. The number of aliphatic imine (C=N–C) groups is 2. The molecule has 7 heteroatoms. The highest BCUT2D eigenvalue weighted by atomic mass is 32.1. The lowest BCUT2D eigenvalue weighted by molar-refractivity contribution is 0.685. The van der Waals surface area contributed by atoms with Gasteiger partial charge in [-0.1, -0.05) is 109 Å². The summed E-state index contributed by atoms with van der Waals surface area (Å²) in [5.74, 6) is 0.708. The molecule has 1 aliphatic heterocycles. The van der Waals surface area contributed by atoms with Crippen LogP contribution in [0.3, 0.4) is 0 Å². The molecule has 262 valence electrons. The van der Waals surface area contributed by atoms with Gasteiger partial charge in [-0.3, -0.25) is 9.97 Å². The molecular formula is C48H34N6S. The summed E-state index contributed by atoms with van der Waals surface area (Å²) in [4.78, 5) is 23.2. The standard InChI is InChI=1S/C48H34N6S/c1-2-10-37(11-3-1)47-51-32-52-48(54-47)38-17-18-43-42-16-7-6-15-41(42)40-14-5-4-9-34(40)13-8-12-33(23-28-55-46(43)31-38)39-29-44(35-19-24-49-25-20-35)53-45(30-39)36-21-26-50-27-22-36/h1-32,48H,(H,51,52,54). The Balaban J connectivity index is 1.29. The zero-order valence-corrected chi connectivity index (χ0v) is 30.5. The van der Waals surface area contributed by atoms with Crippen molar-refractivity contribution in [2.24, 2.45) is 9.98 Å². The van der Waals surface area contributed by atoms with E-state index >= 15 is 0 Å².